The lowest BCUT2D eigenvalue weighted by Gasteiger charge is -2.39. The van der Waals surface area contributed by atoms with Gasteiger partial charge in [0.15, 0.2) is 17.4 Å². The Kier molecular flexibility index (Phi) is 5.21. The fraction of sp³-hybridized carbons (Fsp3) is 0.412. The topological polar surface area (TPSA) is 66.8 Å². The highest BCUT2D eigenvalue weighted by molar-refractivity contribution is 5.95. The molecule has 0 unspecified atom stereocenters. The number of rotatable bonds is 5. The molecule has 24 heavy (non-hydrogen) atoms. The van der Waals surface area contributed by atoms with Crippen LogP contribution in [0, 0.1) is 17.0 Å². The van der Waals surface area contributed by atoms with Crippen LogP contribution in [0.5, 0.6) is 5.75 Å². The van der Waals surface area contributed by atoms with Gasteiger partial charge >= 0.3 is 5.97 Å². The number of benzene rings is 1. The van der Waals surface area contributed by atoms with Gasteiger partial charge in [-0.2, -0.15) is 0 Å². The Morgan fingerprint density at radius 2 is 2.04 bits per heavy atom. The molecule has 7 heteroatoms. The van der Waals surface area contributed by atoms with Crippen molar-refractivity contribution < 1.29 is 28.2 Å². The summed E-state index contributed by atoms with van der Waals surface area (Å²) < 4.78 is 32.2. The van der Waals surface area contributed by atoms with Crippen LogP contribution in [0.3, 0.4) is 0 Å². The first kappa shape index (κ1) is 17.9. The van der Waals surface area contributed by atoms with Crippen molar-refractivity contribution in [3.8, 4) is 5.75 Å². The highest BCUT2D eigenvalue weighted by atomic mass is 19.1. The Labute approximate surface area is 138 Å². The molecule has 0 bridgehead atoms. The van der Waals surface area contributed by atoms with Gasteiger partial charge in [-0.05, 0) is 31.4 Å². The SMILES string of the molecule is C=CC[C@@]1(C(=O)O)CCCN(C(=O)c2cc(F)c(OC)c(F)c2)C1. The van der Waals surface area contributed by atoms with E-state index < -0.39 is 34.7 Å². The molecule has 0 aromatic heterocycles. The minimum Gasteiger partial charge on any atom is -0.491 e. The van der Waals surface area contributed by atoms with Gasteiger partial charge in [-0.25, -0.2) is 8.78 Å². The molecule has 1 aromatic carbocycles. The van der Waals surface area contributed by atoms with Crippen molar-refractivity contribution in [2.75, 3.05) is 20.2 Å². The maximum absolute atomic E-state index is 13.8. The standard InChI is InChI=1S/C17H19F2NO4/c1-3-5-17(16(22)23)6-4-7-20(10-17)15(21)11-8-12(18)14(24-2)13(19)9-11/h3,8-9H,1,4-7,10H2,2H3,(H,22,23)/t17-/m1/s1. The quantitative estimate of drug-likeness (QED) is 0.838. The molecule has 1 aliphatic rings. The number of piperidine rings is 1. The largest absolute Gasteiger partial charge is 0.491 e. The average Bonchev–Trinajstić information content (AvgIpc) is 2.54. The van der Waals surface area contributed by atoms with Gasteiger partial charge in [-0.15, -0.1) is 6.58 Å². The number of ether oxygens (including phenoxy) is 1. The Hall–Kier alpha value is -2.44. The van der Waals surface area contributed by atoms with Crippen LogP contribution in [0.2, 0.25) is 0 Å². The lowest BCUT2D eigenvalue weighted by Crippen LogP contribution is -2.49. The summed E-state index contributed by atoms with van der Waals surface area (Å²) in [5.74, 6) is -4.13. The molecule has 1 heterocycles. The van der Waals surface area contributed by atoms with E-state index in [1.54, 1.807) is 0 Å². The van der Waals surface area contributed by atoms with Crippen LogP contribution in [-0.2, 0) is 4.79 Å². The molecular weight excluding hydrogens is 320 g/mol. The van der Waals surface area contributed by atoms with Crippen LogP contribution in [0.1, 0.15) is 29.6 Å². The van der Waals surface area contributed by atoms with E-state index in [4.69, 9.17) is 0 Å². The first-order valence-corrected chi connectivity index (χ1v) is 7.51. The molecule has 0 saturated carbocycles. The first-order chi connectivity index (χ1) is 11.3. The predicted octanol–water partition coefficient (Wildman–Crippen LogP) is 2.86. The molecule has 5 nitrogen and oxygen atoms in total. The summed E-state index contributed by atoms with van der Waals surface area (Å²) >= 11 is 0. The summed E-state index contributed by atoms with van der Waals surface area (Å²) in [4.78, 5) is 25.5. The van der Waals surface area contributed by atoms with Gasteiger partial charge in [-0.1, -0.05) is 6.08 Å². The summed E-state index contributed by atoms with van der Waals surface area (Å²) in [6.07, 6.45) is 2.64. The van der Waals surface area contributed by atoms with Gasteiger partial charge in [0.05, 0.1) is 12.5 Å². The number of carbonyl (C=O) groups is 2. The van der Waals surface area contributed by atoms with Gasteiger partial charge in [0, 0.05) is 18.7 Å². The Balaban J connectivity index is 2.29. The summed E-state index contributed by atoms with van der Waals surface area (Å²) in [5.41, 5.74) is -1.29. The molecule has 0 radical (unpaired) electrons. The number of amides is 1. The van der Waals surface area contributed by atoms with E-state index in [-0.39, 0.29) is 18.5 Å². The summed E-state index contributed by atoms with van der Waals surface area (Å²) in [6.45, 7) is 3.88. The normalized spacial score (nSPS) is 20.5. The van der Waals surface area contributed by atoms with Crippen LogP contribution >= 0.6 is 0 Å². The molecular formula is C17H19F2NO4. The third kappa shape index (κ3) is 3.25. The number of methoxy groups -OCH3 is 1. The van der Waals surface area contributed by atoms with E-state index in [0.717, 1.165) is 19.2 Å². The lowest BCUT2D eigenvalue weighted by atomic mass is 9.77. The van der Waals surface area contributed by atoms with E-state index in [1.807, 2.05) is 0 Å². The summed E-state index contributed by atoms with van der Waals surface area (Å²) in [5, 5.41) is 9.52. The molecule has 0 spiro atoms. The number of hydrogen-bond donors (Lipinski definition) is 1. The zero-order valence-electron chi connectivity index (χ0n) is 13.3. The minimum absolute atomic E-state index is 0.0253. The number of nitrogens with zero attached hydrogens (tertiary/aromatic N) is 1. The van der Waals surface area contributed by atoms with Crippen molar-refractivity contribution >= 4 is 11.9 Å². The second-order valence-corrected chi connectivity index (χ2v) is 5.88. The molecule has 1 aliphatic heterocycles. The maximum atomic E-state index is 13.8. The van der Waals surface area contributed by atoms with Crippen LogP contribution in [0.15, 0.2) is 24.8 Å². The van der Waals surface area contributed by atoms with Gasteiger partial charge in [-0.3, -0.25) is 9.59 Å². The molecule has 2 rings (SSSR count). The van der Waals surface area contributed by atoms with Crippen molar-refractivity contribution in [1.29, 1.82) is 0 Å². The van der Waals surface area contributed by atoms with Crippen LogP contribution in [-0.4, -0.2) is 42.1 Å². The van der Waals surface area contributed by atoms with Gasteiger partial charge in [0.1, 0.15) is 0 Å². The van der Waals surface area contributed by atoms with Crippen LogP contribution in [0.4, 0.5) is 8.78 Å². The number of carboxylic acid groups (broad SMARTS) is 1. The maximum Gasteiger partial charge on any atom is 0.311 e. The number of aliphatic carboxylic acids is 1. The van der Waals surface area contributed by atoms with Crippen molar-refractivity contribution in [2.24, 2.45) is 5.41 Å². The fourth-order valence-corrected chi connectivity index (χ4v) is 3.07. The highest BCUT2D eigenvalue weighted by Gasteiger charge is 2.42. The smallest absolute Gasteiger partial charge is 0.311 e. The fourth-order valence-electron chi connectivity index (χ4n) is 3.07. The van der Waals surface area contributed by atoms with E-state index >= 15 is 0 Å². The Morgan fingerprint density at radius 3 is 2.54 bits per heavy atom. The molecule has 0 aliphatic carbocycles. The second-order valence-electron chi connectivity index (χ2n) is 5.88. The Bertz CT molecular complexity index is 654. The molecule has 130 valence electrons. The van der Waals surface area contributed by atoms with Crippen LogP contribution < -0.4 is 4.74 Å². The average molecular weight is 339 g/mol. The number of carboxylic acids is 1. The van der Waals surface area contributed by atoms with Crippen LogP contribution in [0.25, 0.3) is 0 Å². The summed E-state index contributed by atoms with van der Waals surface area (Å²) in [6, 6.07) is 1.80. The van der Waals surface area contributed by atoms with E-state index in [0.29, 0.717) is 19.4 Å². The third-order valence-electron chi connectivity index (χ3n) is 4.30. The van der Waals surface area contributed by atoms with Gasteiger partial charge in [0.2, 0.25) is 0 Å². The first-order valence-electron chi connectivity index (χ1n) is 7.51. The monoisotopic (exact) mass is 339 g/mol. The van der Waals surface area contributed by atoms with Crippen molar-refractivity contribution in [3.63, 3.8) is 0 Å². The molecule has 1 atom stereocenters. The number of carbonyl (C=O) groups excluding carboxylic acids is 1. The van der Waals surface area contributed by atoms with E-state index in [1.165, 1.54) is 11.0 Å². The summed E-state index contributed by atoms with van der Waals surface area (Å²) in [7, 11) is 1.13. The van der Waals surface area contributed by atoms with Crippen molar-refractivity contribution in [3.05, 3.63) is 42.0 Å². The number of hydrogen-bond acceptors (Lipinski definition) is 3. The number of halogens is 2. The second kappa shape index (κ2) is 6.98. The van der Waals surface area contributed by atoms with E-state index in [2.05, 4.69) is 11.3 Å². The molecule has 1 N–H and O–H groups in total. The predicted molar refractivity (Wildman–Crippen MR) is 82.9 cm³/mol. The molecule has 1 fully saturated rings. The van der Waals surface area contributed by atoms with Crippen molar-refractivity contribution in [2.45, 2.75) is 19.3 Å². The zero-order chi connectivity index (χ0) is 17.9. The van der Waals surface area contributed by atoms with Crippen molar-refractivity contribution in [1.82, 2.24) is 4.90 Å². The molecule has 1 amide bonds. The molecule has 1 saturated heterocycles. The third-order valence-corrected chi connectivity index (χ3v) is 4.30. The zero-order valence-corrected chi connectivity index (χ0v) is 13.3. The number of likely N-dealkylation sites (tertiary alicyclic amines) is 1. The highest BCUT2D eigenvalue weighted by Crippen LogP contribution is 2.35. The number of allylic oxidation sites excluding steroid dienone is 1. The van der Waals surface area contributed by atoms with E-state index in [9.17, 15) is 23.5 Å². The van der Waals surface area contributed by atoms with Gasteiger partial charge < -0.3 is 14.7 Å². The van der Waals surface area contributed by atoms with Gasteiger partial charge in [0.25, 0.3) is 5.91 Å². The minimum atomic E-state index is -1.11. The Morgan fingerprint density at radius 1 is 1.42 bits per heavy atom. The molecule has 1 aromatic rings. The lowest BCUT2D eigenvalue weighted by molar-refractivity contribution is -0.151.